The molecule has 0 saturated carbocycles. The standard InChI is InChI=1S/C16H24N2O2/c1-20-11-8-16(19)18-10-5-9-17-15(13-18)12-14-6-3-2-4-7-14/h2-4,6-7,15,17H,5,8-13H2,1H3. The molecule has 1 aromatic carbocycles. The number of nitrogens with zero attached hydrogens (tertiary/aromatic N) is 1. The summed E-state index contributed by atoms with van der Waals surface area (Å²) in [5.41, 5.74) is 1.32. The number of methoxy groups -OCH3 is 1. The molecule has 4 nitrogen and oxygen atoms in total. The van der Waals surface area contributed by atoms with Crippen molar-refractivity contribution >= 4 is 5.91 Å². The fourth-order valence-corrected chi connectivity index (χ4v) is 2.61. The smallest absolute Gasteiger partial charge is 0.224 e. The highest BCUT2D eigenvalue weighted by atomic mass is 16.5. The summed E-state index contributed by atoms with van der Waals surface area (Å²) < 4.78 is 4.99. The van der Waals surface area contributed by atoms with Gasteiger partial charge in [-0.3, -0.25) is 4.79 Å². The zero-order valence-electron chi connectivity index (χ0n) is 12.2. The summed E-state index contributed by atoms with van der Waals surface area (Å²) in [5.74, 6) is 0.202. The molecule has 110 valence electrons. The molecule has 1 heterocycles. The fraction of sp³-hybridized carbons (Fsp3) is 0.562. The minimum atomic E-state index is 0.202. The van der Waals surface area contributed by atoms with Crippen molar-refractivity contribution < 1.29 is 9.53 Å². The summed E-state index contributed by atoms with van der Waals surface area (Å²) in [6.07, 6.45) is 2.47. The zero-order valence-corrected chi connectivity index (χ0v) is 12.2. The van der Waals surface area contributed by atoms with Gasteiger partial charge in [-0.25, -0.2) is 0 Å². The molecule has 1 amide bonds. The highest BCUT2D eigenvalue weighted by molar-refractivity contribution is 5.76. The summed E-state index contributed by atoms with van der Waals surface area (Å²) in [5, 5.41) is 3.55. The number of carbonyl (C=O) groups excluding carboxylic acids is 1. The van der Waals surface area contributed by atoms with Crippen LogP contribution in [0.25, 0.3) is 0 Å². The van der Waals surface area contributed by atoms with Crippen LogP contribution in [0.15, 0.2) is 30.3 Å². The van der Waals surface area contributed by atoms with Gasteiger partial charge in [0.25, 0.3) is 0 Å². The van der Waals surface area contributed by atoms with Gasteiger partial charge in [0.05, 0.1) is 13.0 Å². The minimum absolute atomic E-state index is 0.202. The molecule has 1 aliphatic rings. The largest absolute Gasteiger partial charge is 0.384 e. The van der Waals surface area contributed by atoms with Gasteiger partial charge >= 0.3 is 0 Å². The van der Waals surface area contributed by atoms with Gasteiger partial charge in [0, 0.05) is 26.2 Å². The Kier molecular flexibility index (Phi) is 6.02. The van der Waals surface area contributed by atoms with Crippen LogP contribution in [0, 0.1) is 0 Å². The van der Waals surface area contributed by atoms with Gasteiger partial charge in [0.1, 0.15) is 0 Å². The van der Waals surface area contributed by atoms with Crippen LogP contribution in [0.5, 0.6) is 0 Å². The van der Waals surface area contributed by atoms with E-state index in [1.807, 2.05) is 11.0 Å². The quantitative estimate of drug-likeness (QED) is 0.885. The lowest BCUT2D eigenvalue weighted by molar-refractivity contribution is -0.132. The van der Waals surface area contributed by atoms with Gasteiger partial charge in [-0.15, -0.1) is 0 Å². The normalized spacial score (nSPS) is 19.6. The van der Waals surface area contributed by atoms with Crippen molar-refractivity contribution in [3.05, 3.63) is 35.9 Å². The first-order valence-corrected chi connectivity index (χ1v) is 7.33. The molecule has 0 spiro atoms. The van der Waals surface area contributed by atoms with Crippen molar-refractivity contribution in [1.29, 1.82) is 0 Å². The van der Waals surface area contributed by atoms with Gasteiger partial charge < -0.3 is 15.0 Å². The molecule has 0 radical (unpaired) electrons. The van der Waals surface area contributed by atoms with Crippen LogP contribution in [0.3, 0.4) is 0 Å². The lowest BCUT2D eigenvalue weighted by atomic mass is 10.1. The average Bonchev–Trinajstić information content (AvgIpc) is 2.71. The van der Waals surface area contributed by atoms with Crippen molar-refractivity contribution in [2.24, 2.45) is 0 Å². The molecule has 4 heteroatoms. The third kappa shape index (κ3) is 4.62. The Bertz CT molecular complexity index is 408. The first-order valence-electron chi connectivity index (χ1n) is 7.33. The predicted molar refractivity (Wildman–Crippen MR) is 79.6 cm³/mol. The van der Waals surface area contributed by atoms with E-state index < -0.39 is 0 Å². The summed E-state index contributed by atoms with van der Waals surface area (Å²) in [6.45, 7) is 3.12. The molecule has 1 saturated heterocycles. The molecule has 1 aromatic rings. The number of hydrogen-bond donors (Lipinski definition) is 1. The molecule has 20 heavy (non-hydrogen) atoms. The fourth-order valence-electron chi connectivity index (χ4n) is 2.61. The van der Waals surface area contributed by atoms with E-state index in [0.29, 0.717) is 19.1 Å². The molecule has 1 atom stereocenters. The second-order valence-corrected chi connectivity index (χ2v) is 5.28. The summed E-state index contributed by atoms with van der Waals surface area (Å²) in [4.78, 5) is 14.1. The molecule has 0 aliphatic carbocycles. The summed E-state index contributed by atoms with van der Waals surface area (Å²) in [6, 6.07) is 10.8. The maximum absolute atomic E-state index is 12.1. The van der Waals surface area contributed by atoms with E-state index >= 15 is 0 Å². The number of amides is 1. The molecular weight excluding hydrogens is 252 g/mol. The van der Waals surface area contributed by atoms with Crippen molar-refractivity contribution in [1.82, 2.24) is 10.2 Å². The zero-order chi connectivity index (χ0) is 14.2. The first kappa shape index (κ1) is 15.0. The molecule has 0 bridgehead atoms. The van der Waals surface area contributed by atoms with Crippen LogP contribution < -0.4 is 5.32 Å². The van der Waals surface area contributed by atoms with Crippen LogP contribution in [0.1, 0.15) is 18.4 Å². The van der Waals surface area contributed by atoms with Crippen molar-refractivity contribution in [3.63, 3.8) is 0 Å². The lowest BCUT2D eigenvalue weighted by Crippen LogP contribution is -2.42. The van der Waals surface area contributed by atoms with Crippen molar-refractivity contribution in [2.45, 2.75) is 25.3 Å². The average molecular weight is 276 g/mol. The van der Waals surface area contributed by atoms with Gasteiger partial charge in [-0.2, -0.15) is 0 Å². The molecule has 0 aromatic heterocycles. The van der Waals surface area contributed by atoms with Gasteiger partial charge in [0.15, 0.2) is 0 Å². The van der Waals surface area contributed by atoms with E-state index in [2.05, 4.69) is 29.6 Å². The maximum atomic E-state index is 12.1. The Labute approximate surface area is 121 Å². The number of rotatable bonds is 5. The van der Waals surface area contributed by atoms with E-state index in [1.54, 1.807) is 7.11 Å². The number of nitrogens with one attached hydrogen (secondary N) is 1. The Morgan fingerprint density at radius 1 is 1.40 bits per heavy atom. The Hall–Kier alpha value is -1.39. The molecule has 1 fully saturated rings. The van der Waals surface area contributed by atoms with Gasteiger partial charge in [-0.05, 0) is 24.9 Å². The molecule has 2 rings (SSSR count). The maximum Gasteiger partial charge on any atom is 0.224 e. The Balaban J connectivity index is 1.91. The van der Waals surface area contributed by atoms with Crippen LogP contribution in [0.2, 0.25) is 0 Å². The number of ether oxygens (including phenoxy) is 1. The number of hydrogen-bond acceptors (Lipinski definition) is 3. The predicted octanol–water partition coefficient (Wildman–Crippen LogP) is 1.46. The SMILES string of the molecule is COCCC(=O)N1CCCNC(Cc2ccccc2)C1. The highest BCUT2D eigenvalue weighted by Crippen LogP contribution is 2.09. The van der Waals surface area contributed by atoms with E-state index in [1.165, 1.54) is 5.56 Å². The van der Waals surface area contributed by atoms with Gasteiger partial charge in [-0.1, -0.05) is 30.3 Å². The van der Waals surface area contributed by atoms with E-state index in [0.717, 1.165) is 32.5 Å². The number of carbonyl (C=O) groups is 1. The Morgan fingerprint density at radius 2 is 2.20 bits per heavy atom. The second kappa shape index (κ2) is 8.02. The third-order valence-electron chi connectivity index (χ3n) is 3.68. The van der Waals surface area contributed by atoms with Crippen molar-refractivity contribution in [3.8, 4) is 0 Å². The minimum Gasteiger partial charge on any atom is -0.384 e. The lowest BCUT2D eigenvalue weighted by Gasteiger charge is -2.24. The topological polar surface area (TPSA) is 41.6 Å². The molecule has 1 N–H and O–H groups in total. The molecule has 1 unspecified atom stereocenters. The van der Waals surface area contributed by atoms with Crippen LogP contribution >= 0.6 is 0 Å². The van der Waals surface area contributed by atoms with Crippen LogP contribution in [-0.2, 0) is 16.0 Å². The Morgan fingerprint density at radius 3 is 2.95 bits per heavy atom. The van der Waals surface area contributed by atoms with Crippen molar-refractivity contribution in [2.75, 3.05) is 33.4 Å². The van der Waals surface area contributed by atoms with E-state index in [9.17, 15) is 4.79 Å². The molecule has 1 aliphatic heterocycles. The monoisotopic (exact) mass is 276 g/mol. The van der Waals surface area contributed by atoms with E-state index in [-0.39, 0.29) is 5.91 Å². The van der Waals surface area contributed by atoms with Gasteiger partial charge in [0.2, 0.25) is 5.91 Å². The first-order chi connectivity index (χ1) is 9.79. The summed E-state index contributed by atoms with van der Waals surface area (Å²) in [7, 11) is 1.63. The van der Waals surface area contributed by atoms with E-state index in [4.69, 9.17) is 4.74 Å². The van der Waals surface area contributed by atoms with Crippen LogP contribution in [0.4, 0.5) is 0 Å². The highest BCUT2D eigenvalue weighted by Gasteiger charge is 2.21. The molecular formula is C16H24N2O2. The second-order valence-electron chi connectivity index (χ2n) is 5.28. The summed E-state index contributed by atoms with van der Waals surface area (Å²) >= 11 is 0. The van der Waals surface area contributed by atoms with Crippen LogP contribution in [-0.4, -0.2) is 50.2 Å². The number of benzene rings is 1. The third-order valence-corrected chi connectivity index (χ3v) is 3.68.